The van der Waals surface area contributed by atoms with E-state index < -0.39 is 5.97 Å². The first-order valence-corrected chi connectivity index (χ1v) is 7.57. The lowest BCUT2D eigenvalue weighted by Crippen LogP contribution is -2.37. The van der Waals surface area contributed by atoms with Gasteiger partial charge in [0.15, 0.2) is 0 Å². The van der Waals surface area contributed by atoms with Crippen molar-refractivity contribution < 1.29 is 14.7 Å². The number of aliphatic carboxylic acids is 1. The second-order valence-electron chi connectivity index (χ2n) is 6.49. The predicted molar refractivity (Wildman–Crippen MR) is 87.0 cm³/mol. The summed E-state index contributed by atoms with van der Waals surface area (Å²) in [6.07, 6.45) is 0.488. The Bertz CT molecular complexity index is 504. The molecule has 0 bridgehead atoms. The first-order chi connectivity index (χ1) is 10.2. The van der Waals surface area contributed by atoms with Gasteiger partial charge in [0, 0.05) is 13.0 Å². The normalized spacial score (nSPS) is 12.5. The van der Waals surface area contributed by atoms with Gasteiger partial charge in [0.2, 0.25) is 0 Å². The minimum absolute atomic E-state index is 0.0596. The number of carbonyl (C=O) groups is 2. The zero-order chi connectivity index (χ0) is 16.8. The van der Waals surface area contributed by atoms with Crippen molar-refractivity contribution in [1.29, 1.82) is 0 Å². The van der Waals surface area contributed by atoms with Crippen LogP contribution in [0.25, 0.3) is 0 Å². The average molecular weight is 306 g/mol. The van der Waals surface area contributed by atoms with Crippen molar-refractivity contribution in [3.05, 3.63) is 35.4 Å². The number of carbonyl (C=O) groups excluding carboxylic acids is 1. The number of nitrogens with one attached hydrogen (secondary N) is 2. The summed E-state index contributed by atoms with van der Waals surface area (Å²) >= 11 is 0. The van der Waals surface area contributed by atoms with Gasteiger partial charge >= 0.3 is 12.0 Å². The summed E-state index contributed by atoms with van der Waals surface area (Å²) in [6, 6.07) is 7.83. The van der Waals surface area contributed by atoms with E-state index >= 15 is 0 Å². The maximum Gasteiger partial charge on any atom is 0.315 e. The summed E-state index contributed by atoms with van der Waals surface area (Å²) in [5, 5.41) is 14.0. The molecule has 0 aromatic heterocycles. The molecule has 3 N–H and O–H groups in total. The van der Waals surface area contributed by atoms with E-state index in [0.29, 0.717) is 13.0 Å². The van der Waals surface area contributed by atoms with Gasteiger partial charge < -0.3 is 15.7 Å². The van der Waals surface area contributed by atoms with Gasteiger partial charge in [0.1, 0.15) is 0 Å². The molecule has 0 aliphatic rings. The lowest BCUT2D eigenvalue weighted by molar-refractivity contribution is -0.137. The van der Waals surface area contributed by atoms with Crippen molar-refractivity contribution in [2.45, 2.75) is 52.0 Å². The Morgan fingerprint density at radius 1 is 1.18 bits per heavy atom. The quantitative estimate of drug-likeness (QED) is 0.706. The molecule has 1 atom stereocenters. The summed E-state index contributed by atoms with van der Waals surface area (Å²) in [5.74, 6) is -0.852. The second-order valence-corrected chi connectivity index (χ2v) is 6.49. The van der Waals surface area contributed by atoms with Crippen molar-refractivity contribution in [1.82, 2.24) is 10.6 Å². The van der Waals surface area contributed by atoms with Crippen LogP contribution in [0.15, 0.2) is 24.3 Å². The minimum atomic E-state index is -0.852. The highest BCUT2D eigenvalue weighted by Gasteiger charge is 2.14. The summed E-state index contributed by atoms with van der Waals surface area (Å²) in [5.41, 5.74) is 2.40. The summed E-state index contributed by atoms with van der Waals surface area (Å²) < 4.78 is 0. The van der Waals surface area contributed by atoms with E-state index in [-0.39, 0.29) is 23.9 Å². The Kier molecular flexibility index (Phi) is 6.40. The number of amides is 2. The molecule has 1 rings (SSSR count). The molecule has 0 saturated carbocycles. The fraction of sp³-hybridized carbons (Fsp3) is 0.529. The topological polar surface area (TPSA) is 78.4 Å². The molecule has 1 aromatic rings. The van der Waals surface area contributed by atoms with Crippen molar-refractivity contribution in [3.8, 4) is 0 Å². The van der Waals surface area contributed by atoms with Gasteiger partial charge in [-0.15, -0.1) is 0 Å². The number of benzene rings is 1. The fourth-order valence-electron chi connectivity index (χ4n) is 2.04. The van der Waals surface area contributed by atoms with E-state index in [1.807, 2.05) is 19.1 Å². The van der Waals surface area contributed by atoms with Crippen molar-refractivity contribution >= 4 is 12.0 Å². The van der Waals surface area contributed by atoms with E-state index in [1.165, 1.54) is 5.56 Å². The van der Waals surface area contributed by atoms with Crippen LogP contribution in [-0.2, 0) is 10.2 Å². The highest BCUT2D eigenvalue weighted by Crippen LogP contribution is 2.23. The zero-order valence-electron chi connectivity index (χ0n) is 13.8. The van der Waals surface area contributed by atoms with Crippen molar-refractivity contribution in [2.24, 2.45) is 0 Å². The lowest BCUT2D eigenvalue weighted by Gasteiger charge is -2.20. The summed E-state index contributed by atoms with van der Waals surface area (Å²) in [4.78, 5) is 22.1. The van der Waals surface area contributed by atoms with Gasteiger partial charge in [0.05, 0.1) is 6.04 Å². The number of rotatable bonds is 6. The largest absolute Gasteiger partial charge is 0.481 e. The molecule has 1 unspecified atom stereocenters. The van der Waals surface area contributed by atoms with E-state index in [0.717, 1.165) is 5.56 Å². The molecular weight excluding hydrogens is 280 g/mol. The lowest BCUT2D eigenvalue weighted by atomic mass is 9.86. The number of hydrogen-bond donors (Lipinski definition) is 3. The molecule has 122 valence electrons. The number of carboxylic acid groups (broad SMARTS) is 1. The Morgan fingerprint density at radius 3 is 2.27 bits per heavy atom. The molecule has 22 heavy (non-hydrogen) atoms. The SMILES string of the molecule is CC(NC(=O)NCCCC(=O)O)c1ccc(C(C)(C)C)cc1. The van der Waals surface area contributed by atoms with Crippen LogP contribution in [0, 0.1) is 0 Å². The van der Waals surface area contributed by atoms with Crippen LogP contribution in [-0.4, -0.2) is 23.7 Å². The van der Waals surface area contributed by atoms with E-state index in [1.54, 1.807) is 0 Å². The van der Waals surface area contributed by atoms with E-state index in [4.69, 9.17) is 5.11 Å². The molecule has 1 aromatic carbocycles. The smallest absolute Gasteiger partial charge is 0.315 e. The second kappa shape index (κ2) is 7.82. The molecule has 0 fully saturated rings. The third-order valence-electron chi connectivity index (χ3n) is 3.48. The zero-order valence-corrected chi connectivity index (χ0v) is 13.8. The molecule has 5 nitrogen and oxygen atoms in total. The Balaban J connectivity index is 2.46. The van der Waals surface area contributed by atoms with Gasteiger partial charge in [-0.25, -0.2) is 4.79 Å². The highest BCUT2D eigenvalue weighted by atomic mass is 16.4. The Labute approximate surface area is 132 Å². The third-order valence-corrected chi connectivity index (χ3v) is 3.48. The third kappa shape index (κ3) is 6.16. The molecule has 0 aliphatic heterocycles. The van der Waals surface area contributed by atoms with E-state index in [2.05, 4.69) is 43.5 Å². The standard InChI is InChI=1S/C17H26N2O3/c1-12(19-16(22)18-11-5-6-15(20)21)13-7-9-14(10-8-13)17(2,3)4/h7-10,12H,5-6,11H2,1-4H3,(H,20,21)(H2,18,19,22). The number of urea groups is 1. The van der Waals surface area contributed by atoms with Crippen molar-refractivity contribution in [2.75, 3.05) is 6.54 Å². The summed E-state index contributed by atoms with van der Waals surface area (Å²) in [7, 11) is 0. The first kappa shape index (κ1) is 18.0. The van der Waals surface area contributed by atoms with Gasteiger partial charge in [0.25, 0.3) is 0 Å². The van der Waals surface area contributed by atoms with Gasteiger partial charge in [-0.3, -0.25) is 4.79 Å². The number of carboxylic acids is 1. The molecular formula is C17H26N2O3. The van der Waals surface area contributed by atoms with Crippen molar-refractivity contribution in [3.63, 3.8) is 0 Å². The first-order valence-electron chi connectivity index (χ1n) is 7.57. The maximum absolute atomic E-state index is 11.7. The average Bonchev–Trinajstić information content (AvgIpc) is 2.42. The molecule has 0 heterocycles. The van der Waals surface area contributed by atoms with Crippen LogP contribution >= 0.6 is 0 Å². The van der Waals surface area contributed by atoms with Crippen LogP contribution in [0.1, 0.15) is 57.7 Å². The number of hydrogen-bond acceptors (Lipinski definition) is 2. The van der Waals surface area contributed by atoms with Crippen LogP contribution < -0.4 is 10.6 Å². The summed E-state index contributed by atoms with van der Waals surface area (Å²) in [6.45, 7) is 8.76. The molecule has 2 amide bonds. The van der Waals surface area contributed by atoms with Gasteiger partial charge in [-0.2, -0.15) is 0 Å². The Hall–Kier alpha value is -2.04. The van der Waals surface area contributed by atoms with Crippen LogP contribution in [0.2, 0.25) is 0 Å². The Morgan fingerprint density at radius 2 is 1.77 bits per heavy atom. The van der Waals surface area contributed by atoms with Crippen LogP contribution in [0.5, 0.6) is 0 Å². The van der Waals surface area contributed by atoms with Gasteiger partial charge in [-0.05, 0) is 29.9 Å². The monoisotopic (exact) mass is 306 g/mol. The van der Waals surface area contributed by atoms with Crippen LogP contribution in [0.4, 0.5) is 4.79 Å². The molecule has 0 aliphatic carbocycles. The minimum Gasteiger partial charge on any atom is -0.481 e. The van der Waals surface area contributed by atoms with E-state index in [9.17, 15) is 9.59 Å². The van der Waals surface area contributed by atoms with Crippen LogP contribution in [0.3, 0.4) is 0 Å². The molecule has 0 saturated heterocycles. The molecule has 0 spiro atoms. The van der Waals surface area contributed by atoms with Gasteiger partial charge in [-0.1, -0.05) is 45.0 Å². The molecule has 0 radical (unpaired) electrons. The molecule has 5 heteroatoms. The maximum atomic E-state index is 11.7. The highest BCUT2D eigenvalue weighted by molar-refractivity contribution is 5.74. The predicted octanol–water partition coefficient (Wildman–Crippen LogP) is 3.21. The fourth-order valence-corrected chi connectivity index (χ4v) is 2.04.